The van der Waals surface area contributed by atoms with Crippen LogP contribution in [-0.4, -0.2) is 39.1 Å². The summed E-state index contributed by atoms with van der Waals surface area (Å²) in [5.74, 6) is 2.10. The fraction of sp³-hybridized carbons (Fsp3) is 0.429. The standard InChI is InChI=1S/C21H24FN5/c22-17-2-1-3-18(12-17)23-19-6-7-20-24-21(25-27(20)14-19)16-8-10-26(11-9-16)13-15-4-5-15/h1-3,6-7,12,14-16,23H,4-5,8-11,13H2. The van der Waals surface area contributed by atoms with Gasteiger partial charge in [0.2, 0.25) is 0 Å². The topological polar surface area (TPSA) is 45.5 Å². The third-order valence-corrected chi connectivity index (χ3v) is 5.63. The number of anilines is 2. The van der Waals surface area contributed by atoms with Gasteiger partial charge in [-0.25, -0.2) is 13.9 Å². The molecule has 1 N–H and O–H groups in total. The second-order valence-electron chi connectivity index (χ2n) is 7.84. The Labute approximate surface area is 158 Å². The zero-order valence-corrected chi connectivity index (χ0v) is 15.3. The molecule has 1 aliphatic heterocycles. The Morgan fingerprint density at radius 2 is 1.89 bits per heavy atom. The zero-order chi connectivity index (χ0) is 18.2. The number of nitrogens with one attached hydrogen (secondary N) is 1. The fourth-order valence-electron chi connectivity index (χ4n) is 3.92. The van der Waals surface area contributed by atoms with Gasteiger partial charge in [-0.15, -0.1) is 0 Å². The van der Waals surface area contributed by atoms with Crippen LogP contribution >= 0.6 is 0 Å². The molecule has 2 aliphatic rings. The average molecular weight is 365 g/mol. The number of benzene rings is 1. The van der Waals surface area contributed by atoms with Crippen molar-refractivity contribution in [3.05, 3.63) is 54.2 Å². The number of fused-ring (bicyclic) bond motifs is 1. The molecule has 0 radical (unpaired) electrons. The first kappa shape index (κ1) is 16.7. The number of aromatic nitrogens is 3. The Balaban J connectivity index is 1.29. The van der Waals surface area contributed by atoms with Crippen LogP contribution in [0, 0.1) is 11.7 Å². The van der Waals surface area contributed by atoms with Gasteiger partial charge in [0.1, 0.15) is 5.82 Å². The summed E-state index contributed by atoms with van der Waals surface area (Å²) < 4.78 is 15.2. The second kappa shape index (κ2) is 6.93. The lowest BCUT2D eigenvalue weighted by Gasteiger charge is -2.30. The van der Waals surface area contributed by atoms with Crippen LogP contribution in [0.5, 0.6) is 0 Å². The molecule has 0 amide bonds. The lowest BCUT2D eigenvalue weighted by molar-refractivity contribution is 0.202. The Kier molecular flexibility index (Phi) is 4.28. The molecular formula is C21H24FN5. The highest BCUT2D eigenvalue weighted by Crippen LogP contribution is 2.32. The lowest BCUT2D eigenvalue weighted by Crippen LogP contribution is -2.34. The normalized spacial score (nSPS) is 18.9. The van der Waals surface area contributed by atoms with E-state index in [0.29, 0.717) is 5.92 Å². The second-order valence-corrected chi connectivity index (χ2v) is 7.84. The van der Waals surface area contributed by atoms with Crippen LogP contribution in [0.3, 0.4) is 0 Å². The van der Waals surface area contributed by atoms with Crippen molar-refractivity contribution in [2.45, 2.75) is 31.6 Å². The highest BCUT2D eigenvalue weighted by atomic mass is 19.1. The van der Waals surface area contributed by atoms with Crippen LogP contribution in [0.1, 0.15) is 37.4 Å². The van der Waals surface area contributed by atoms with Crippen molar-refractivity contribution in [2.24, 2.45) is 5.92 Å². The molecule has 27 heavy (non-hydrogen) atoms. The fourth-order valence-corrected chi connectivity index (χ4v) is 3.92. The van der Waals surface area contributed by atoms with E-state index in [-0.39, 0.29) is 5.82 Å². The van der Waals surface area contributed by atoms with Crippen molar-refractivity contribution in [3.63, 3.8) is 0 Å². The number of piperidine rings is 1. The van der Waals surface area contributed by atoms with E-state index in [1.165, 1.54) is 31.5 Å². The number of pyridine rings is 1. The summed E-state index contributed by atoms with van der Waals surface area (Å²) in [5, 5.41) is 7.95. The largest absolute Gasteiger partial charge is 0.354 e. The maximum Gasteiger partial charge on any atom is 0.155 e. The molecule has 1 saturated heterocycles. The van der Waals surface area contributed by atoms with E-state index in [1.807, 2.05) is 28.9 Å². The summed E-state index contributed by atoms with van der Waals surface area (Å²) in [7, 11) is 0. The van der Waals surface area contributed by atoms with Gasteiger partial charge >= 0.3 is 0 Å². The summed E-state index contributed by atoms with van der Waals surface area (Å²) >= 11 is 0. The maximum absolute atomic E-state index is 13.4. The smallest absolute Gasteiger partial charge is 0.155 e. The van der Waals surface area contributed by atoms with E-state index < -0.39 is 0 Å². The Morgan fingerprint density at radius 3 is 2.67 bits per heavy atom. The van der Waals surface area contributed by atoms with Crippen molar-refractivity contribution in [1.82, 2.24) is 19.5 Å². The lowest BCUT2D eigenvalue weighted by atomic mass is 9.96. The molecule has 1 aromatic carbocycles. The molecule has 5 nitrogen and oxygen atoms in total. The molecule has 0 spiro atoms. The van der Waals surface area contributed by atoms with Crippen molar-refractivity contribution in [2.75, 3.05) is 25.0 Å². The Bertz CT molecular complexity index is 941. The van der Waals surface area contributed by atoms with Gasteiger partial charge in [0.15, 0.2) is 11.5 Å². The van der Waals surface area contributed by atoms with Crippen LogP contribution in [0.2, 0.25) is 0 Å². The van der Waals surface area contributed by atoms with E-state index in [4.69, 9.17) is 10.1 Å². The molecule has 1 saturated carbocycles. The van der Waals surface area contributed by atoms with Gasteiger partial charge in [0, 0.05) is 18.2 Å². The summed E-state index contributed by atoms with van der Waals surface area (Å²) in [6, 6.07) is 10.4. The predicted octanol–water partition coefficient (Wildman–Crippen LogP) is 4.20. The van der Waals surface area contributed by atoms with E-state index in [0.717, 1.165) is 54.7 Å². The summed E-state index contributed by atoms with van der Waals surface area (Å²) in [6.07, 6.45) is 7.02. The first-order chi connectivity index (χ1) is 13.2. The van der Waals surface area contributed by atoms with E-state index >= 15 is 0 Å². The molecule has 6 heteroatoms. The minimum atomic E-state index is -0.253. The summed E-state index contributed by atoms with van der Waals surface area (Å²) in [4.78, 5) is 7.34. The third kappa shape index (κ3) is 3.81. The van der Waals surface area contributed by atoms with E-state index in [2.05, 4.69) is 10.2 Å². The third-order valence-electron chi connectivity index (χ3n) is 5.63. The average Bonchev–Trinajstić information content (AvgIpc) is 3.38. The van der Waals surface area contributed by atoms with Gasteiger partial charge in [-0.05, 0) is 75.0 Å². The van der Waals surface area contributed by atoms with Gasteiger partial charge < -0.3 is 10.2 Å². The van der Waals surface area contributed by atoms with E-state index in [1.54, 1.807) is 6.07 Å². The number of halogens is 1. The molecule has 0 unspecified atom stereocenters. The maximum atomic E-state index is 13.4. The molecule has 5 rings (SSSR count). The highest BCUT2D eigenvalue weighted by Gasteiger charge is 2.28. The van der Waals surface area contributed by atoms with E-state index in [9.17, 15) is 4.39 Å². The Morgan fingerprint density at radius 1 is 1.04 bits per heavy atom. The number of rotatable bonds is 5. The molecule has 3 aromatic rings. The quantitative estimate of drug-likeness (QED) is 0.736. The molecule has 0 bridgehead atoms. The van der Waals surface area contributed by atoms with Crippen molar-refractivity contribution < 1.29 is 4.39 Å². The van der Waals surface area contributed by atoms with Crippen molar-refractivity contribution >= 4 is 17.0 Å². The summed E-state index contributed by atoms with van der Waals surface area (Å²) in [6.45, 7) is 3.59. The van der Waals surface area contributed by atoms with Gasteiger partial charge in [0.25, 0.3) is 0 Å². The monoisotopic (exact) mass is 365 g/mol. The van der Waals surface area contributed by atoms with Crippen LogP contribution in [0.4, 0.5) is 15.8 Å². The highest BCUT2D eigenvalue weighted by molar-refractivity contribution is 5.60. The molecule has 3 heterocycles. The van der Waals surface area contributed by atoms with Crippen LogP contribution in [0.15, 0.2) is 42.6 Å². The number of likely N-dealkylation sites (tertiary alicyclic amines) is 1. The first-order valence-corrected chi connectivity index (χ1v) is 9.84. The molecule has 1 aliphatic carbocycles. The molecule has 140 valence electrons. The molecular weight excluding hydrogens is 341 g/mol. The predicted molar refractivity (Wildman–Crippen MR) is 104 cm³/mol. The van der Waals surface area contributed by atoms with Crippen molar-refractivity contribution in [1.29, 1.82) is 0 Å². The number of nitrogens with zero attached hydrogens (tertiary/aromatic N) is 4. The van der Waals surface area contributed by atoms with Gasteiger partial charge in [0.05, 0.1) is 11.9 Å². The summed E-state index contributed by atoms with van der Waals surface area (Å²) in [5.41, 5.74) is 2.44. The van der Waals surface area contributed by atoms with Gasteiger partial charge in [-0.3, -0.25) is 0 Å². The molecule has 2 fully saturated rings. The van der Waals surface area contributed by atoms with Crippen molar-refractivity contribution in [3.8, 4) is 0 Å². The zero-order valence-electron chi connectivity index (χ0n) is 15.3. The minimum absolute atomic E-state index is 0.253. The number of hydrogen-bond donors (Lipinski definition) is 1. The van der Waals surface area contributed by atoms with Crippen LogP contribution < -0.4 is 5.32 Å². The van der Waals surface area contributed by atoms with Crippen LogP contribution in [0.25, 0.3) is 5.65 Å². The molecule has 2 aromatic heterocycles. The SMILES string of the molecule is Fc1cccc(Nc2ccc3nc(C4CCN(CC5CC5)CC4)nn3c2)c1. The van der Waals surface area contributed by atoms with Gasteiger partial charge in [-0.1, -0.05) is 6.07 Å². The molecule has 0 atom stereocenters. The van der Waals surface area contributed by atoms with Crippen LogP contribution in [-0.2, 0) is 0 Å². The van der Waals surface area contributed by atoms with Gasteiger partial charge in [-0.2, -0.15) is 5.10 Å². The minimum Gasteiger partial charge on any atom is -0.354 e. The first-order valence-electron chi connectivity index (χ1n) is 9.84. The Hall–Kier alpha value is -2.47. The number of hydrogen-bond acceptors (Lipinski definition) is 4.